The van der Waals surface area contributed by atoms with Gasteiger partial charge in [0.05, 0.1) is 5.52 Å². The number of nitrogens with zero attached hydrogens (tertiary/aromatic N) is 2. The summed E-state index contributed by atoms with van der Waals surface area (Å²) in [5.74, 6) is 1.30. The van der Waals surface area contributed by atoms with Crippen molar-refractivity contribution < 1.29 is 9.53 Å². The van der Waals surface area contributed by atoms with Crippen molar-refractivity contribution in [3.8, 4) is 16.9 Å². The number of ether oxygens (including phenoxy) is 1. The van der Waals surface area contributed by atoms with Crippen LogP contribution in [0.2, 0.25) is 0 Å². The Kier molecular flexibility index (Phi) is 6.85. The molecule has 1 aliphatic rings. The molecule has 1 atom stereocenters. The largest absolute Gasteiger partial charge is 0.488 e. The van der Waals surface area contributed by atoms with E-state index in [9.17, 15) is 4.79 Å². The number of carbonyl (C=O) groups excluding carboxylic acids is 1. The second kappa shape index (κ2) is 10.4. The highest BCUT2D eigenvalue weighted by atomic mass is 16.5. The first kappa shape index (κ1) is 23.8. The first-order valence-electron chi connectivity index (χ1n) is 12.7. The summed E-state index contributed by atoms with van der Waals surface area (Å²) in [4.78, 5) is 22.1. The second-order valence-electron chi connectivity index (χ2n) is 9.61. The van der Waals surface area contributed by atoms with Gasteiger partial charge in [-0.05, 0) is 68.0 Å². The molecule has 0 spiro atoms. The minimum atomic E-state index is -0.0320. The van der Waals surface area contributed by atoms with Crippen molar-refractivity contribution in [3.05, 3.63) is 83.6 Å². The van der Waals surface area contributed by atoms with Gasteiger partial charge in [0.15, 0.2) is 0 Å². The van der Waals surface area contributed by atoms with Gasteiger partial charge in [-0.15, -0.1) is 0 Å². The monoisotopic (exact) mass is 480 g/mol. The zero-order valence-corrected chi connectivity index (χ0v) is 21.0. The molecule has 3 aromatic carbocycles. The number of amides is 1. The summed E-state index contributed by atoms with van der Waals surface area (Å²) in [6.45, 7) is 6.73. The standard InChI is InChI=1S/C30H32N4O2/c1-4-20(3)32-30-31-17-23-15-26(25-14-22(11-10-19(25)2)29(35)33-24-12-13-24)28(16-27(23)34-30)36-18-21-8-6-5-7-9-21/h5-11,14-17,20,24H,4,12-13,18H2,1-3H3,(H,33,35)(H,31,32,34)/t20-/m0/s1. The fourth-order valence-corrected chi connectivity index (χ4v) is 4.07. The van der Waals surface area contributed by atoms with Crippen LogP contribution in [-0.2, 0) is 6.61 Å². The molecule has 1 aliphatic carbocycles. The summed E-state index contributed by atoms with van der Waals surface area (Å²) in [7, 11) is 0. The van der Waals surface area contributed by atoms with Gasteiger partial charge in [0, 0.05) is 40.9 Å². The first-order chi connectivity index (χ1) is 17.5. The number of aromatic nitrogens is 2. The van der Waals surface area contributed by atoms with Crippen LogP contribution in [0, 0.1) is 6.92 Å². The Hall–Kier alpha value is -3.93. The Morgan fingerprint density at radius 3 is 2.64 bits per heavy atom. The number of fused-ring (bicyclic) bond motifs is 1. The SMILES string of the molecule is CC[C@H](C)Nc1ncc2cc(-c3cc(C(=O)NC4CC4)ccc3C)c(OCc3ccccc3)cc2n1. The molecular formula is C30H32N4O2. The highest BCUT2D eigenvalue weighted by molar-refractivity contribution is 5.97. The van der Waals surface area contributed by atoms with E-state index < -0.39 is 0 Å². The van der Waals surface area contributed by atoms with E-state index in [-0.39, 0.29) is 11.9 Å². The van der Waals surface area contributed by atoms with E-state index in [1.165, 1.54) is 0 Å². The first-order valence-corrected chi connectivity index (χ1v) is 12.7. The van der Waals surface area contributed by atoms with Crippen LogP contribution in [0.25, 0.3) is 22.0 Å². The van der Waals surface area contributed by atoms with Crippen LogP contribution in [0.3, 0.4) is 0 Å². The molecule has 1 saturated carbocycles. The number of hydrogen-bond donors (Lipinski definition) is 2. The van der Waals surface area contributed by atoms with Gasteiger partial charge in [-0.3, -0.25) is 4.79 Å². The fourth-order valence-electron chi connectivity index (χ4n) is 4.07. The molecule has 1 fully saturated rings. The Balaban J connectivity index is 1.56. The van der Waals surface area contributed by atoms with Crippen molar-refractivity contribution in [1.82, 2.24) is 15.3 Å². The molecule has 4 aromatic rings. The van der Waals surface area contributed by atoms with E-state index in [0.29, 0.717) is 24.2 Å². The molecule has 184 valence electrons. The fraction of sp³-hybridized carbons (Fsp3) is 0.300. The summed E-state index contributed by atoms with van der Waals surface area (Å²) in [5.41, 5.74) is 5.50. The van der Waals surface area contributed by atoms with E-state index in [1.807, 2.05) is 60.8 Å². The van der Waals surface area contributed by atoms with Crippen molar-refractivity contribution in [1.29, 1.82) is 0 Å². The summed E-state index contributed by atoms with van der Waals surface area (Å²) >= 11 is 0. The van der Waals surface area contributed by atoms with Gasteiger partial charge in [-0.2, -0.15) is 0 Å². The highest BCUT2D eigenvalue weighted by Gasteiger charge is 2.24. The highest BCUT2D eigenvalue weighted by Crippen LogP contribution is 2.37. The zero-order valence-electron chi connectivity index (χ0n) is 21.0. The minimum Gasteiger partial charge on any atom is -0.488 e. The molecule has 36 heavy (non-hydrogen) atoms. The molecule has 1 aromatic heterocycles. The summed E-state index contributed by atoms with van der Waals surface area (Å²) in [5, 5.41) is 7.35. The van der Waals surface area contributed by atoms with Gasteiger partial charge in [0.25, 0.3) is 5.91 Å². The van der Waals surface area contributed by atoms with Crippen LogP contribution < -0.4 is 15.4 Å². The lowest BCUT2D eigenvalue weighted by Gasteiger charge is -2.17. The lowest BCUT2D eigenvalue weighted by molar-refractivity contribution is 0.0951. The third-order valence-electron chi connectivity index (χ3n) is 6.61. The van der Waals surface area contributed by atoms with Crippen molar-refractivity contribution in [2.45, 2.75) is 58.7 Å². The molecule has 1 amide bonds. The van der Waals surface area contributed by atoms with Gasteiger partial charge in [-0.1, -0.05) is 43.3 Å². The number of carbonyl (C=O) groups is 1. The second-order valence-corrected chi connectivity index (χ2v) is 9.61. The lowest BCUT2D eigenvalue weighted by atomic mass is 9.96. The number of nitrogens with one attached hydrogen (secondary N) is 2. The van der Waals surface area contributed by atoms with Crippen LogP contribution in [0.15, 0.2) is 66.9 Å². The minimum absolute atomic E-state index is 0.0320. The van der Waals surface area contributed by atoms with E-state index in [1.54, 1.807) is 0 Å². The molecule has 0 bridgehead atoms. The predicted molar refractivity (Wildman–Crippen MR) is 144 cm³/mol. The number of hydrogen-bond acceptors (Lipinski definition) is 5. The third kappa shape index (κ3) is 5.48. The van der Waals surface area contributed by atoms with Crippen molar-refractivity contribution >= 4 is 22.8 Å². The van der Waals surface area contributed by atoms with Gasteiger partial charge in [0.2, 0.25) is 5.95 Å². The predicted octanol–water partition coefficient (Wildman–Crippen LogP) is 6.29. The average molecular weight is 481 g/mol. The van der Waals surface area contributed by atoms with Crippen LogP contribution in [0.1, 0.15) is 54.6 Å². The maximum atomic E-state index is 12.8. The summed E-state index contributed by atoms with van der Waals surface area (Å²) in [6.07, 6.45) is 4.94. The maximum absolute atomic E-state index is 12.8. The number of benzene rings is 3. The molecule has 0 radical (unpaired) electrons. The normalized spacial score (nSPS) is 13.9. The number of aryl methyl sites for hydroxylation is 1. The molecule has 0 aliphatic heterocycles. The van der Waals surface area contributed by atoms with Gasteiger partial charge < -0.3 is 15.4 Å². The van der Waals surface area contributed by atoms with E-state index in [4.69, 9.17) is 9.72 Å². The van der Waals surface area contributed by atoms with Crippen molar-refractivity contribution in [3.63, 3.8) is 0 Å². The molecule has 1 heterocycles. The number of anilines is 1. The van der Waals surface area contributed by atoms with Crippen LogP contribution in [0.5, 0.6) is 5.75 Å². The Morgan fingerprint density at radius 1 is 1.08 bits per heavy atom. The quantitative estimate of drug-likeness (QED) is 0.295. The smallest absolute Gasteiger partial charge is 0.251 e. The average Bonchev–Trinajstić information content (AvgIpc) is 3.71. The molecule has 5 rings (SSSR count). The van der Waals surface area contributed by atoms with E-state index >= 15 is 0 Å². The van der Waals surface area contributed by atoms with Crippen LogP contribution >= 0.6 is 0 Å². The van der Waals surface area contributed by atoms with E-state index in [2.05, 4.69) is 42.5 Å². The molecule has 0 unspecified atom stereocenters. The van der Waals surface area contributed by atoms with Crippen LogP contribution in [-0.4, -0.2) is 28.0 Å². The summed E-state index contributed by atoms with van der Waals surface area (Å²) < 4.78 is 6.38. The topological polar surface area (TPSA) is 76.1 Å². The molecule has 6 nitrogen and oxygen atoms in total. The van der Waals surface area contributed by atoms with Crippen molar-refractivity contribution in [2.75, 3.05) is 5.32 Å². The van der Waals surface area contributed by atoms with Crippen molar-refractivity contribution in [2.24, 2.45) is 0 Å². The lowest BCUT2D eigenvalue weighted by Crippen LogP contribution is -2.25. The third-order valence-corrected chi connectivity index (χ3v) is 6.61. The summed E-state index contributed by atoms with van der Waals surface area (Å²) in [6, 6.07) is 20.6. The maximum Gasteiger partial charge on any atom is 0.251 e. The molecule has 2 N–H and O–H groups in total. The Morgan fingerprint density at radius 2 is 1.89 bits per heavy atom. The Labute approximate surface area is 212 Å². The number of rotatable bonds is 9. The molecule has 0 saturated heterocycles. The van der Waals surface area contributed by atoms with E-state index in [0.717, 1.165) is 58.2 Å². The Bertz CT molecular complexity index is 1380. The molecular weight excluding hydrogens is 448 g/mol. The van der Waals surface area contributed by atoms with Gasteiger partial charge in [0.1, 0.15) is 12.4 Å². The molecule has 6 heteroatoms. The van der Waals surface area contributed by atoms with Crippen LogP contribution in [0.4, 0.5) is 5.95 Å². The van der Waals surface area contributed by atoms with Gasteiger partial charge >= 0.3 is 0 Å². The van der Waals surface area contributed by atoms with Gasteiger partial charge in [-0.25, -0.2) is 9.97 Å². The zero-order chi connectivity index (χ0) is 25.1.